The van der Waals surface area contributed by atoms with E-state index >= 15 is 0 Å². The van der Waals surface area contributed by atoms with Crippen molar-refractivity contribution in [2.24, 2.45) is 5.41 Å². The van der Waals surface area contributed by atoms with Crippen molar-refractivity contribution in [2.75, 3.05) is 18.4 Å². The second-order valence-corrected chi connectivity index (χ2v) is 8.68. The van der Waals surface area contributed by atoms with Crippen LogP contribution in [0.2, 0.25) is 0 Å². The third-order valence-electron chi connectivity index (χ3n) is 8.10. The van der Waals surface area contributed by atoms with E-state index in [0.717, 1.165) is 25.8 Å². The number of fused-ring (bicyclic) bond motifs is 1. The summed E-state index contributed by atoms with van der Waals surface area (Å²) < 4.78 is 5.89. The van der Waals surface area contributed by atoms with E-state index in [1.807, 2.05) is 0 Å². The number of hydrogen-bond donors (Lipinski definition) is 2. The Bertz CT molecular complexity index is 782. The van der Waals surface area contributed by atoms with Crippen LogP contribution >= 0.6 is 0 Å². The molecule has 0 unspecified atom stereocenters. The third-order valence-corrected chi connectivity index (χ3v) is 8.10. The van der Waals surface area contributed by atoms with E-state index in [0.29, 0.717) is 6.04 Å². The van der Waals surface area contributed by atoms with E-state index in [2.05, 4.69) is 46.7 Å². The van der Waals surface area contributed by atoms with Crippen molar-refractivity contribution in [3.63, 3.8) is 0 Å². The summed E-state index contributed by atoms with van der Waals surface area (Å²) in [5.41, 5.74) is 2.24. The minimum absolute atomic E-state index is 0.0882. The van der Waals surface area contributed by atoms with Crippen LogP contribution in [0.4, 0.5) is 10.5 Å². The van der Waals surface area contributed by atoms with Crippen molar-refractivity contribution in [1.29, 1.82) is 0 Å². The zero-order valence-electron chi connectivity index (χ0n) is 14.7. The van der Waals surface area contributed by atoms with Gasteiger partial charge in [0.05, 0.1) is 5.41 Å². The summed E-state index contributed by atoms with van der Waals surface area (Å²) in [6, 6.07) is 9.16. The molecule has 1 aliphatic carbocycles. The molecule has 5 aliphatic rings. The number of anilines is 1. The normalized spacial score (nSPS) is 46.4. The smallest absolute Gasteiger partial charge is 0.409 e. The summed E-state index contributed by atoms with van der Waals surface area (Å²) in [4.78, 5) is 15.1. The number of ether oxygens (including phenoxy) is 1. The molecule has 4 heterocycles. The Morgan fingerprint density at radius 2 is 2.12 bits per heavy atom. The van der Waals surface area contributed by atoms with Gasteiger partial charge >= 0.3 is 6.09 Å². The van der Waals surface area contributed by atoms with Crippen LogP contribution in [0, 0.1) is 5.41 Å². The van der Waals surface area contributed by atoms with Gasteiger partial charge in [0.25, 0.3) is 0 Å². The molecule has 1 aromatic carbocycles. The molecule has 5 atom stereocenters. The first-order chi connectivity index (χ1) is 12.2. The predicted octanol–water partition coefficient (Wildman–Crippen LogP) is 2.82. The number of carbonyl (C=O) groups is 1. The molecule has 5 heteroatoms. The number of alkyl carbamates (subject to hydrolysis) is 1. The fraction of sp³-hybridized carbons (Fsp3) is 0.650. The Hall–Kier alpha value is -1.75. The van der Waals surface area contributed by atoms with Crippen LogP contribution in [0.3, 0.4) is 0 Å². The van der Waals surface area contributed by atoms with Crippen LogP contribution in [0.25, 0.3) is 0 Å². The number of rotatable bonds is 1. The number of para-hydroxylation sites is 1. The van der Waals surface area contributed by atoms with Crippen LogP contribution in [-0.4, -0.2) is 41.9 Å². The lowest BCUT2D eigenvalue weighted by Crippen LogP contribution is -2.76. The van der Waals surface area contributed by atoms with Crippen molar-refractivity contribution >= 4 is 11.8 Å². The maximum Gasteiger partial charge on any atom is 0.409 e. The van der Waals surface area contributed by atoms with Gasteiger partial charge in [-0.05, 0) is 62.2 Å². The van der Waals surface area contributed by atoms with Gasteiger partial charge in [-0.1, -0.05) is 25.1 Å². The Labute approximate surface area is 148 Å². The lowest BCUT2D eigenvalue weighted by molar-refractivity contribution is -0.0962. The van der Waals surface area contributed by atoms with E-state index in [4.69, 9.17) is 4.74 Å². The lowest BCUT2D eigenvalue weighted by Gasteiger charge is -2.61. The van der Waals surface area contributed by atoms with Gasteiger partial charge in [0, 0.05) is 11.7 Å². The van der Waals surface area contributed by atoms with E-state index in [1.54, 1.807) is 0 Å². The number of nitrogens with zero attached hydrogens (tertiary/aromatic N) is 1. The van der Waals surface area contributed by atoms with E-state index in [1.165, 1.54) is 30.6 Å². The number of benzene rings is 1. The first-order valence-corrected chi connectivity index (χ1v) is 9.76. The summed E-state index contributed by atoms with van der Waals surface area (Å²) in [6.45, 7) is 4.64. The maximum atomic E-state index is 12.4. The molecule has 4 fully saturated rings. The van der Waals surface area contributed by atoms with Gasteiger partial charge in [0.1, 0.15) is 6.10 Å². The van der Waals surface area contributed by atoms with Crippen molar-refractivity contribution in [2.45, 2.75) is 62.3 Å². The summed E-state index contributed by atoms with van der Waals surface area (Å²) >= 11 is 0. The standard InChI is InChI=1S/C20H25N3O2/c1-2-18-8-5-10-23-11-9-19(16(18)23)13-6-3-4-7-14(13)21-20(19)15(12-18)25-17(24)22-20/h3-4,6-7,15-16,21H,2,5,8-12H2,1H3,(H,22,24)/t15-,16+,18+,19-,20-/m0/s1. The second-order valence-electron chi connectivity index (χ2n) is 8.68. The maximum absolute atomic E-state index is 12.4. The molecule has 0 aromatic heterocycles. The molecular formula is C20H25N3O2. The van der Waals surface area contributed by atoms with Gasteiger partial charge in [-0.15, -0.1) is 0 Å². The minimum Gasteiger partial charge on any atom is -0.442 e. The Morgan fingerprint density at radius 3 is 3.00 bits per heavy atom. The minimum atomic E-state index is -0.483. The number of piperidine rings is 1. The molecule has 1 aromatic rings. The summed E-state index contributed by atoms with van der Waals surface area (Å²) in [5.74, 6) is 0. The van der Waals surface area contributed by atoms with Crippen molar-refractivity contribution < 1.29 is 9.53 Å². The zero-order valence-corrected chi connectivity index (χ0v) is 14.7. The van der Waals surface area contributed by atoms with Crippen molar-refractivity contribution in [3.8, 4) is 0 Å². The Kier molecular flexibility index (Phi) is 2.49. The summed E-state index contributed by atoms with van der Waals surface area (Å²) in [6.07, 6.45) is 5.36. The summed E-state index contributed by atoms with van der Waals surface area (Å²) in [7, 11) is 0. The van der Waals surface area contributed by atoms with Crippen molar-refractivity contribution in [3.05, 3.63) is 29.8 Å². The first kappa shape index (κ1) is 14.4. The van der Waals surface area contributed by atoms with Crippen LogP contribution in [-0.2, 0) is 10.2 Å². The van der Waals surface area contributed by atoms with Gasteiger partial charge in [-0.3, -0.25) is 10.2 Å². The summed E-state index contributed by atoms with van der Waals surface area (Å²) in [5, 5.41) is 7.02. The van der Waals surface area contributed by atoms with Crippen LogP contribution in [0.1, 0.15) is 44.6 Å². The lowest BCUT2D eigenvalue weighted by atomic mass is 9.49. The monoisotopic (exact) mass is 339 g/mol. The molecule has 3 saturated heterocycles. The SMILES string of the molecule is CC[C@@]12CCCN3CC[C@]4(c5ccccc5N[C@@]45NC(=O)O[C@H]5C1)[C@H]32. The van der Waals surface area contributed by atoms with Gasteiger partial charge in [0.2, 0.25) is 0 Å². The highest BCUT2D eigenvalue weighted by atomic mass is 16.6. The van der Waals surface area contributed by atoms with E-state index in [-0.39, 0.29) is 23.0 Å². The molecule has 1 saturated carbocycles. The topological polar surface area (TPSA) is 53.6 Å². The van der Waals surface area contributed by atoms with Gasteiger partial charge in [0.15, 0.2) is 5.66 Å². The number of amides is 1. The van der Waals surface area contributed by atoms with Gasteiger partial charge in [-0.2, -0.15) is 0 Å². The van der Waals surface area contributed by atoms with Gasteiger partial charge in [-0.25, -0.2) is 4.79 Å². The zero-order chi connectivity index (χ0) is 16.9. The van der Waals surface area contributed by atoms with Crippen molar-refractivity contribution in [1.82, 2.24) is 10.2 Å². The highest BCUT2D eigenvalue weighted by Crippen LogP contribution is 2.68. The molecule has 2 spiro atoms. The predicted molar refractivity (Wildman–Crippen MR) is 94.4 cm³/mol. The first-order valence-electron chi connectivity index (χ1n) is 9.76. The molecule has 4 aliphatic heterocycles. The third kappa shape index (κ3) is 1.38. The number of hydrogen-bond acceptors (Lipinski definition) is 4. The van der Waals surface area contributed by atoms with E-state index in [9.17, 15) is 4.79 Å². The van der Waals surface area contributed by atoms with Crippen LogP contribution in [0.5, 0.6) is 0 Å². The molecule has 25 heavy (non-hydrogen) atoms. The Morgan fingerprint density at radius 1 is 1.24 bits per heavy atom. The highest BCUT2D eigenvalue weighted by Gasteiger charge is 2.78. The molecule has 5 nitrogen and oxygen atoms in total. The molecule has 6 rings (SSSR count). The second kappa shape index (κ2) is 4.32. The molecule has 0 bridgehead atoms. The fourth-order valence-electron chi connectivity index (χ4n) is 7.32. The fourth-order valence-corrected chi connectivity index (χ4v) is 7.32. The quantitative estimate of drug-likeness (QED) is 0.826. The largest absolute Gasteiger partial charge is 0.442 e. The average Bonchev–Trinajstić information content (AvgIpc) is 3.25. The molecule has 1 amide bonds. The number of nitrogens with one attached hydrogen (secondary N) is 2. The van der Waals surface area contributed by atoms with E-state index < -0.39 is 5.66 Å². The highest BCUT2D eigenvalue weighted by molar-refractivity contribution is 5.78. The van der Waals surface area contributed by atoms with Crippen LogP contribution < -0.4 is 10.6 Å². The Balaban J connectivity index is 1.66. The molecule has 0 radical (unpaired) electrons. The van der Waals surface area contributed by atoms with Crippen LogP contribution in [0.15, 0.2) is 24.3 Å². The molecular weight excluding hydrogens is 314 g/mol. The number of carbonyl (C=O) groups excluding carboxylic acids is 1. The van der Waals surface area contributed by atoms with Gasteiger partial charge < -0.3 is 10.1 Å². The average molecular weight is 339 g/mol. The molecule has 2 N–H and O–H groups in total. The molecule has 132 valence electrons.